The van der Waals surface area contributed by atoms with Crippen LogP contribution < -0.4 is 10.6 Å². The Labute approximate surface area is 148 Å². The fourth-order valence-electron chi connectivity index (χ4n) is 3.17. The molecule has 5 heteroatoms. The Hall–Kier alpha value is -1.85. The molecule has 3 rings (SSSR count). The van der Waals surface area contributed by atoms with Gasteiger partial charge in [-0.05, 0) is 40.8 Å². The Kier molecular flexibility index (Phi) is 5.88. The molecule has 2 aromatic rings. The third kappa shape index (κ3) is 4.16. The van der Waals surface area contributed by atoms with E-state index in [0.717, 1.165) is 45.1 Å². The number of thiophene rings is 1. The second-order valence-electron chi connectivity index (χ2n) is 6.17. The molecule has 0 radical (unpaired) electrons. The topological polar surface area (TPSA) is 45.7 Å². The number of hydrogen-bond acceptors (Lipinski definition) is 3. The highest BCUT2D eigenvalue weighted by Crippen LogP contribution is 2.34. The number of guanidine groups is 1. The molecule has 1 aromatic carbocycles. The summed E-state index contributed by atoms with van der Waals surface area (Å²) in [7, 11) is 1.82. The number of nitrogens with zero attached hydrogens (tertiary/aromatic N) is 1. The molecule has 1 aromatic heterocycles. The van der Waals surface area contributed by atoms with E-state index in [-0.39, 0.29) is 5.41 Å². The Bertz CT molecular complexity index is 634. The average molecular weight is 343 g/mol. The molecule has 128 valence electrons. The van der Waals surface area contributed by atoms with Crippen molar-refractivity contribution in [2.75, 3.05) is 26.8 Å². The highest BCUT2D eigenvalue weighted by Gasteiger charge is 2.34. The van der Waals surface area contributed by atoms with Crippen molar-refractivity contribution in [1.82, 2.24) is 10.6 Å². The second kappa shape index (κ2) is 8.31. The predicted octanol–water partition coefficient (Wildman–Crippen LogP) is 3.16. The zero-order valence-corrected chi connectivity index (χ0v) is 14.9. The van der Waals surface area contributed by atoms with Crippen LogP contribution in [-0.2, 0) is 16.7 Å². The lowest BCUT2D eigenvalue weighted by molar-refractivity contribution is 0.0514. The third-order valence-electron chi connectivity index (χ3n) is 4.69. The summed E-state index contributed by atoms with van der Waals surface area (Å²) in [6.45, 7) is 3.29. The summed E-state index contributed by atoms with van der Waals surface area (Å²) in [5.74, 6) is 0.850. The van der Waals surface area contributed by atoms with E-state index in [0.29, 0.717) is 0 Å². The molecule has 4 nitrogen and oxygen atoms in total. The maximum absolute atomic E-state index is 5.60. The van der Waals surface area contributed by atoms with Crippen LogP contribution in [0.2, 0.25) is 0 Å². The van der Waals surface area contributed by atoms with Crippen molar-refractivity contribution >= 4 is 17.3 Å². The zero-order valence-electron chi connectivity index (χ0n) is 14.1. The molecule has 1 aliphatic heterocycles. The van der Waals surface area contributed by atoms with Crippen molar-refractivity contribution in [3.05, 3.63) is 58.3 Å². The van der Waals surface area contributed by atoms with Crippen LogP contribution in [0.15, 0.2) is 52.2 Å². The molecule has 2 N–H and O–H groups in total. The molecular formula is C19H25N3OS. The van der Waals surface area contributed by atoms with E-state index < -0.39 is 0 Å². The number of ether oxygens (including phenoxy) is 1. The summed E-state index contributed by atoms with van der Waals surface area (Å²) in [6, 6.07) is 12.9. The molecule has 0 atom stereocenters. The van der Waals surface area contributed by atoms with Crippen LogP contribution in [0.5, 0.6) is 0 Å². The van der Waals surface area contributed by atoms with E-state index in [1.54, 1.807) is 11.3 Å². The first-order valence-corrected chi connectivity index (χ1v) is 9.36. The number of nitrogens with one attached hydrogen (secondary N) is 2. The van der Waals surface area contributed by atoms with Crippen LogP contribution in [0, 0.1) is 0 Å². The van der Waals surface area contributed by atoms with Crippen LogP contribution in [0.25, 0.3) is 0 Å². The standard InChI is InChI=1S/C19H25N3OS/c1-20-18(21-13-16-7-12-24-14-16)22-15-19(8-10-23-11-9-19)17-5-3-2-4-6-17/h2-7,12,14H,8-11,13,15H2,1H3,(H2,20,21,22). The molecule has 2 heterocycles. The van der Waals surface area contributed by atoms with Gasteiger partial charge in [-0.1, -0.05) is 30.3 Å². The van der Waals surface area contributed by atoms with E-state index in [9.17, 15) is 0 Å². The van der Waals surface area contributed by atoms with Crippen LogP contribution in [0.3, 0.4) is 0 Å². The van der Waals surface area contributed by atoms with Crippen molar-refractivity contribution in [2.24, 2.45) is 4.99 Å². The van der Waals surface area contributed by atoms with E-state index in [4.69, 9.17) is 4.74 Å². The van der Waals surface area contributed by atoms with Crippen molar-refractivity contribution in [2.45, 2.75) is 24.8 Å². The summed E-state index contributed by atoms with van der Waals surface area (Å²) < 4.78 is 5.60. The molecule has 0 saturated carbocycles. The minimum atomic E-state index is 0.111. The summed E-state index contributed by atoms with van der Waals surface area (Å²) >= 11 is 1.72. The number of rotatable bonds is 5. The predicted molar refractivity (Wildman–Crippen MR) is 101 cm³/mol. The molecule has 1 saturated heterocycles. The highest BCUT2D eigenvalue weighted by molar-refractivity contribution is 7.07. The van der Waals surface area contributed by atoms with Gasteiger partial charge in [0, 0.05) is 38.8 Å². The number of aliphatic imine (C=N–C) groups is 1. The fourth-order valence-corrected chi connectivity index (χ4v) is 3.84. The zero-order chi connectivity index (χ0) is 16.7. The first-order chi connectivity index (χ1) is 11.8. The van der Waals surface area contributed by atoms with Crippen LogP contribution in [-0.4, -0.2) is 32.8 Å². The largest absolute Gasteiger partial charge is 0.381 e. The molecular weight excluding hydrogens is 318 g/mol. The van der Waals surface area contributed by atoms with Gasteiger partial charge in [0.15, 0.2) is 5.96 Å². The number of benzene rings is 1. The Morgan fingerprint density at radius 1 is 1.17 bits per heavy atom. The van der Waals surface area contributed by atoms with Gasteiger partial charge >= 0.3 is 0 Å². The van der Waals surface area contributed by atoms with Gasteiger partial charge in [-0.2, -0.15) is 11.3 Å². The van der Waals surface area contributed by atoms with E-state index in [2.05, 4.69) is 62.8 Å². The SMILES string of the molecule is CN=C(NCc1ccsc1)NCC1(c2ccccc2)CCOCC1. The van der Waals surface area contributed by atoms with Gasteiger partial charge in [-0.3, -0.25) is 4.99 Å². The smallest absolute Gasteiger partial charge is 0.191 e. The monoisotopic (exact) mass is 343 g/mol. The first kappa shape index (κ1) is 17.0. The van der Waals surface area contributed by atoms with Gasteiger partial charge < -0.3 is 15.4 Å². The summed E-state index contributed by atoms with van der Waals surface area (Å²) in [5, 5.41) is 11.2. The van der Waals surface area contributed by atoms with Crippen LogP contribution in [0.1, 0.15) is 24.0 Å². The number of hydrogen-bond donors (Lipinski definition) is 2. The van der Waals surface area contributed by atoms with Gasteiger partial charge in [0.05, 0.1) is 0 Å². The second-order valence-corrected chi connectivity index (χ2v) is 6.95. The molecule has 0 unspecified atom stereocenters. The molecule has 0 bridgehead atoms. The van der Waals surface area contributed by atoms with Gasteiger partial charge in [-0.15, -0.1) is 0 Å². The van der Waals surface area contributed by atoms with Crippen LogP contribution in [0.4, 0.5) is 0 Å². The van der Waals surface area contributed by atoms with Crippen LogP contribution >= 0.6 is 11.3 Å². The summed E-state index contributed by atoms with van der Waals surface area (Å²) in [4.78, 5) is 4.36. The normalized spacial score (nSPS) is 17.5. The van der Waals surface area contributed by atoms with Gasteiger partial charge in [0.1, 0.15) is 0 Å². The van der Waals surface area contributed by atoms with E-state index in [1.807, 2.05) is 7.05 Å². The Balaban J connectivity index is 1.64. The molecule has 1 aliphatic rings. The van der Waals surface area contributed by atoms with Crippen molar-refractivity contribution in [3.8, 4) is 0 Å². The van der Waals surface area contributed by atoms with E-state index in [1.165, 1.54) is 11.1 Å². The maximum atomic E-state index is 5.60. The Morgan fingerprint density at radius 2 is 1.96 bits per heavy atom. The molecule has 0 aliphatic carbocycles. The van der Waals surface area contributed by atoms with Gasteiger partial charge in [0.25, 0.3) is 0 Å². The minimum Gasteiger partial charge on any atom is -0.381 e. The van der Waals surface area contributed by atoms with Crippen molar-refractivity contribution in [3.63, 3.8) is 0 Å². The summed E-state index contributed by atoms with van der Waals surface area (Å²) in [5.41, 5.74) is 2.78. The third-order valence-corrected chi connectivity index (χ3v) is 5.43. The summed E-state index contributed by atoms with van der Waals surface area (Å²) in [6.07, 6.45) is 2.07. The first-order valence-electron chi connectivity index (χ1n) is 8.41. The minimum absolute atomic E-state index is 0.111. The van der Waals surface area contributed by atoms with Gasteiger partial charge in [-0.25, -0.2) is 0 Å². The van der Waals surface area contributed by atoms with E-state index >= 15 is 0 Å². The lowest BCUT2D eigenvalue weighted by atomic mass is 9.74. The fraction of sp³-hybridized carbons (Fsp3) is 0.421. The molecule has 1 fully saturated rings. The quantitative estimate of drug-likeness (QED) is 0.647. The van der Waals surface area contributed by atoms with Crippen molar-refractivity contribution < 1.29 is 4.74 Å². The molecule has 0 spiro atoms. The lowest BCUT2D eigenvalue weighted by Crippen LogP contribution is -2.47. The Morgan fingerprint density at radius 3 is 2.62 bits per heavy atom. The average Bonchev–Trinajstić information content (AvgIpc) is 3.17. The molecule has 24 heavy (non-hydrogen) atoms. The van der Waals surface area contributed by atoms with Gasteiger partial charge in [0.2, 0.25) is 0 Å². The maximum Gasteiger partial charge on any atom is 0.191 e. The highest BCUT2D eigenvalue weighted by atomic mass is 32.1. The molecule has 0 amide bonds. The lowest BCUT2D eigenvalue weighted by Gasteiger charge is -2.38. The van der Waals surface area contributed by atoms with Crippen molar-refractivity contribution in [1.29, 1.82) is 0 Å².